The predicted molar refractivity (Wildman–Crippen MR) is 192 cm³/mol. The van der Waals surface area contributed by atoms with Gasteiger partial charge in [0.25, 0.3) is 0 Å². The van der Waals surface area contributed by atoms with Crippen molar-refractivity contribution in [3.8, 4) is 5.75 Å². The molecule has 0 aromatic heterocycles. The van der Waals surface area contributed by atoms with Gasteiger partial charge in [-0.25, -0.2) is 0 Å². The summed E-state index contributed by atoms with van der Waals surface area (Å²) in [4.78, 5) is 0. The van der Waals surface area contributed by atoms with Gasteiger partial charge in [0.2, 0.25) is 0 Å². The molecule has 252 valence electrons. The highest BCUT2D eigenvalue weighted by Gasteiger charge is 2.45. The Bertz CT molecular complexity index is 1470. The van der Waals surface area contributed by atoms with Crippen molar-refractivity contribution in [1.82, 2.24) is 0 Å². The maximum absolute atomic E-state index is 11.8. The quantitative estimate of drug-likeness (QED) is 0.253. The van der Waals surface area contributed by atoms with Crippen molar-refractivity contribution in [2.75, 3.05) is 0 Å². The third-order valence-corrected chi connectivity index (χ3v) is 12.4. The smallest absolute Gasteiger partial charge is 0.122 e. The Balaban J connectivity index is 1.75. The van der Waals surface area contributed by atoms with Gasteiger partial charge in [0.05, 0.1) is 17.3 Å². The van der Waals surface area contributed by atoms with Gasteiger partial charge >= 0.3 is 0 Å². The van der Waals surface area contributed by atoms with Gasteiger partial charge in [-0.15, -0.1) is 0 Å². The molecule has 46 heavy (non-hydrogen) atoms. The molecule has 0 fully saturated rings. The van der Waals surface area contributed by atoms with E-state index in [2.05, 4.69) is 101 Å². The van der Waals surface area contributed by atoms with Gasteiger partial charge in [-0.05, 0) is 89.7 Å². The summed E-state index contributed by atoms with van der Waals surface area (Å²) in [6.45, 7) is 26.0. The molecule has 1 aromatic carbocycles. The van der Waals surface area contributed by atoms with Gasteiger partial charge in [-0.3, -0.25) is 0 Å². The maximum atomic E-state index is 11.8. The fourth-order valence-electron chi connectivity index (χ4n) is 7.22. The Kier molecular flexibility index (Phi) is 9.18. The molecule has 4 nitrogen and oxygen atoms in total. The summed E-state index contributed by atoms with van der Waals surface area (Å²) in [5.74, 6) is 1.58. The van der Waals surface area contributed by atoms with E-state index < -0.39 is 10.8 Å². The molecule has 3 aliphatic rings. The summed E-state index contributed by atoms with van der Waals surface area (Å²) >= 11 is 0. The average Bonchev–Trinajstić information content (AvgIpc) is 2.91. The van der Waals surface area contributed by atoms with Gasteiger partial charge in [0.1, 0.15) is 5.75 Å². The number of rotatable bonds is 6. The Morgan fingerprint density at radius 1 is 0.478 bits per heavy atom. The first-order valence-electron chi connectivity index (χ1n) is 17.0. The second-order valence-electron chi connectivity index (χ2n) is 18.2. The van der Waals surface area contributed by atoms with Crippen molar-refractivity contribution in [3.05, 3.63) is 99.3 Å². The Labute approximate surface area is 279 Å². The monoisotopic (exact) mass is 628 g/mol. The van der Waals surface area contributed by atoms with Crippen LogP contribution < -0.4 is 0 Å². The zero-order chi connectivity index (χ0) is 34.7. The average molecular weight is 629 g/mol. The number of phenolic OH excluding ortho intramolecular Hbond substituents is 1. The summed E-state index contributed by atoms with van der Waals surface area (Å²) in [6, 6.07) is 4.31. The molecule has 0 heterocycles. The molecule has 3 unspecified atom stereocenters. The number of phenols is 1. The number of hydrogen-bond acceptors (Lipinski definition) is 4. The van der Waals surface area contributed by atoms with Crippen LogP contribution in [0.25, 0.3) is 0 Å². The highest BCUT2D eigenvalue weighted by molar-refractivity contribution is 5.50. The van der Waals surface area contributed by atoms with E-state index in [9.17, 15) is 20.4 Å². The van der Waals surface area contributed by atoms with E-state index >= 15 is 0 Å². The number of aliphatic hydroxyl groups excluding tert-OH is 3. The molecule has 0 amide bonds. The standard InChI is InChI=1S/C42H60O4/c1-37(2,3)40(10)24-27(13-16-33(40)43)19-30-22-31(20-28-14-17-34(44)41(11,25-28)38(4,5)6)36(46)32(23-30)21-29-15-18-35(45)42(12,26-29)39(7,8)9/h13-18,22-23,43-46H,19-21,24-26H2,1-12H3. The van der Waals surface area contributed by atoms with Crippen LogP contribution in [0.1, 0.15) is 119 Å². The Morgan fingerprint density at radius 3 is 1.04 bits per heavy atom. The second-order valence-corrected chi connectivity index (χ2v) is 18.2. The van der Waals surface area contributed by atoms with Crippen LogP contribution in [0, 0.1) is 32.5 Å². The molecule has 0 saturated heterocycles. The molecule has 1 aromatic rings. The van der Waals surface area contributed by atoms with E-state index in [1.54, 1.807) is 0 Å². The predicted octanol–water partition coefficient (Wildman–Crippen LogP) is 11.5. The largest absolute Gasteiger partial charge is 0.512 e. The Hall–Kier alpha value is -3.14. The number of aromatic hydroxyl groups is 1. The zero-order valence-corrected chi connectivity index (χ0v) is 30.7. The summed E-state index contributed by atoms with van der Waals surface area (Å²) in [5.41, 5.74) is 5.00. The maximum Gasteiger partial charge on any atom is 0.122 e. The molecule has 0 bridgehead atoms. The van der Waals surface area contributed by atoms with Crippen LogP contribution in [0.15, 0.2) is 82.6 Å². The first-order valence-corrected chi connectivity index (χ1v) is 17.0. The first kappa shape index (κ1) is 35.7. The molecule has 0 saturated carbocycles. The molecule has 4 N–H and O–H groups in total. The van der Waals surface area contributed by atoms with Crippen molar-refractivity contribution in [2.45, 2.75) is 122 Å². The van der Waals surface area contributed by atoms with Crippen molar-refractivity contribution in [2.24, 2.45) is 32.5 Å². The summed E-state index contributed by atoms with van der Waals surface area (Å²) in [6.07, 6.45) is 15.8. The molecular formula is C42H60O4. The fourth-order valence-corrected chi connectivity index (χ4v) is 7.22. The van der Waals surface area contributed by atoms with Crippen molar-refractivity contribution >= 4 is 0 Å². The second kappa shape index (κ2) is 11.8. The summed E-state index contributed by atoms with van der Waals surface area (Å²) in [7, 11) is 0. The van der Waals surface area contributed by atoms with E-state index in [0.717, 1.165) is 42.4 Å². The van der Waals surface area contributed by atoms with Gasteiger partial charge in [-0.2, -0.15) is 0 Å². The topological polar surface area (TPSA) is 80.9 Å². The van der Waals surface area contributed by atoms with Gasteiger partial charge < -0.3 is 20.4 Å². The number of benzene rings is 1. The lowest BCUT2D eigenvalue weighted by Crippen LogP contribution is -2.36. The van der Waals surface area contributed by atoms with E-state index in [1.807, 2.05) is 30.4 Å². The minimum atomic E-state index is -0.398. The lowest BCUT2D eigenvalue weighted by atomic mass is 9.61. The zero-order valence-electron chi connectivity index (χ0n) is 30.7. The van der Waals surface area contributed by atoms with E-state index in [4.69, 9.17) is 0 Å². The van der Waals surface area contributed by atoms with Gasteiger partial charge in [0, 0.05) is 16.2 Å². The third kappa shape index (κ3) is 6.51. The lowest BCUT2D eigenvalue weighted by molar-refractivity contribution is 0.0905. The summed E-state index contributed by atoms with van der Waals surface area (Å²) < 4.78 is 0. The summed E-state index contributed by atoms with van der Waals surface area (Å²) in [5, 5.41) is 44.5. The van der Waals surface area contributed by atoms with E-state index in [1.165, 1.54) is 16.7 Å². The first-order chi connectivity index (χ1) is 20.9. The number of allylic oxidation sites excluding steroid dienone is 12. The van der Waals surface area contributed by atoms with E-state index in [-0.39, 0.29) is 21.7 Å². The minimum Gasteiger partial charge on any atom is -0.512 e. The van der Waals surface area contributed by atoms with Crippen LogP contribution in [0.5, 0.6) is 5.75 Å². The van der Waals surface area contributed by atoms with Crippen LogP contribution in [0.2, 0.25) is 0 Å². The van der Waals surface area contributed by atoms with Crippen molar-refractivity contribution in [3.63, 3.8) is 0 Å². The Morgan fingerprint density at radius 2 is 0.761 bits per heavy atom. The lowest BCUT2D eigenvalue weighted by Gasteiger charge is -2.44. The van der Waals surface area contributed by atoms with Gasteiger partial charge in [-0.1, -0.05) is 130 Å². The minimum absolute atomic E-state index is 0.114. The molecule has 3 aliphatic carbocycles. The molecule has 0 spiro atoms. The molecule has 0 radical (unpaired) electrons. The normalized spacial score (nSPS) is 27.7. The molecular weight excluding hydrogens is 568 g/mol. The SMILES string of the molecule is CC(C)(C)C1(C)CC(Cc2cc(CC3=CC=C(O)C(C)(C(C)(C)C)C3)c(O)c(CC3=CC=C(O)C(C)(C(C)(C)C)C3)c2)=CC=C1O. The molecule has 4 rings (SSSR count). The van der Waals surface area contributed by atoms with Gasteiger partial charge in [0.15, 0.2) is 0 Å². The van der Waals surface area contributed by atoms with Crippen molar-refractivity contribution < 1.29 is 20.4 Å². The number of aliphatic hydroxyl groups is 3. The van der Waals surface area contributed by atoms with E-state index in [0.29, 0.717) is 35.9 Å². The number of hydrogen-bond donors (Lipinski definition) is 4. The molecule has 3 atom stereocenters. The highest BCUT2D eigenvalue weighted by atomic mass is 16.3. The molecule has 4 heteroatoms. The highest BCUT2D eigenvalue weighted by Crippen LogP contribution is 2.53. The van der Waals surface area contributed by atoms with Crippen LogP contribution in [0.4, 0.5) is 0 Å². The van der Waals surface area contributed by atoms with Crippen LogP contribution in [0.3, 0.4) is 0 Å². The van der Waals surface area contributed by atoms with Crippen LogP contribution in [-0.4, -0.2) is 20.4 Å². The fraction of sp³-hybridized carbons (Fsp3) is 0.571. The third-order valence-electron chi connectivity index (χ3n) is 12.4. The van der Waals surface area contributed by atoms with Crippen LogP contribution in [-0.2, 0) is 19.3 Å². The van der Waals surface area contributed by atoms with Crippen molar-refractivity contribution in [1.29, 1.82) is 0 Å². The molecule has 0 aliphatic heterocycles. The van der Waals surface area contributed by atoms with Crippen LogP contribution >= 0.6 is 0 Å².